The number of nitriles is 1. The zero-order chi connectivity index (χ0) is 15.4. The van der Waals surface area contributed by atoms with Gasteiger partial charge in [0.15, 0.2) is 0 Å². The lowest BCUT2D eigenvalue weighted by Crippen LogP contribution is -2.11. The molecule has 2 aromatic rings. The molecular weight excluding hydrogens is 278 g/mol. The van der Waals surface area contributed by atoms with Crippen LogP contribution in [0.1, 0.15) is 24.5 Å². The third kappa shape index (κ3) is 3.44. The van der Waals surface area contributed by atoms with Gasteiger partial charge in [0.1, 0.15) is 17.6 Å². The van der Waals surface area contributed by atoms with Gasteiger partial charge in [-0.3, -0.25) is 4.79 Å². The van der Waals surface area contributed by atoms with Crippen LogP contribution in [0.25, 0.3) is 0 Å². The van der Waals surface area contributed by atoms with E-state index in [-0.39, 0.29) is 11.9 Å². The summed E-state index contributed by atoms with van der Waals surface area (Å²) in [6.45, 7) is 0. The first-order valence-electron chi connectivity index (χ1n) is 7.19. The maximum atomic E-state index is 11.7. The Labute approximate surface area is 128 Å². The second kappa shape index (κ2) is 6.31. The van der Waals surface area contributed by atoms with Crippen molar-refractivity contribution in [2.75, 3.05) is 0 Å². The molecule has 0 N–H and O–H groups in total. The minimum atomic E-state index is -0.896. The topological polar surface area (TPSA) is 59.3 Å². The van der Waals surface area contributed by atoms with Crippen LogP contribution in [0.3, 0.4) is 0 Å². The van der Waals surface area contributed by atoms with E-state index in [0.29, 0.717) is 17.1 Å². The second-order valence-electron chi connectivity index (χ2n) is 5.21. The van der Waals surface area contributed by atoms with Gasteiger partial charge in [-0.1, -0.05) is 30.3 Å². The van der Waals surface area contributed by atoms with Gasteiger partial charge in [0, 0.05) is 5.56 Å². The van der Waals surface area contributed by atoms with Crippen LogP contribution in [0, 0.1) is 17.2 Å². The summed E-state index contributed by atoms with van der Waals surface area (Å²) in [6, 6.07) is 18.5. The van der Waals surface area contributed by atoms with Crippen LogP contribution in [-0.2, 0) is 9.53 Å². The lowest BCUT2D eigenvalue weighted by Gasteiger charge is -2.12. The van der Waals surface area contributed by atoms with Crippen molar-refractivity contribution < 1.29 is 14.3 Å². The molecule has 3 rings (SSSR count). The number of benzene rings is 2. The van der Waals surface area contributed by atoms with Gasteiger partial charge in [-0.25, -0.2) is 0 Å². The molecule has 0 saturated heterocycles. The average molecular weight is 293 g/mol. The molecule has 22 heavy (non-hydrogen) atoms. The van der Waals surface area contributed by atoms with Gasteiger partial charge < -0.3 is 9.47 Å². The van der Waals surface area contributed by atoms with Crippen molar-refractivity contribution >= 4 is 5.97 Å². The Morgan fingerprint density at radius 1 is 1.09 bits per heavy atom. The highest BCUT2D eigenvalue weighted by atomic mass is 16.5. The van der Waals surface area contributed by atoms with Gasteiger partial charge in [-0.15, -0.1) is 0 Å². The van der Waals surface area contributed by atoms with E-state index in [2.05, 4.69) is 0 Å². The van der Waals surface area contributed by atoms with E-state index in [1.54, 1.807) is 24.3 Å². The number of rotatable bonds is 5. The molecule has 1 aliphatic rings. The standard InChI is InChI=1S/C18H15NO3/c19-12-17(22-18(20)13-9-10-13)14-5-4-8-16(11-14)21-15-6-2-1-3-7-15/h1-8,11,13,17H,9-10H2. The molecule has 1 saturated carbocycles. The highest BCUT2D eigenvalue weighted by Crippen LogP contribution is 2.33. The predicted octanol–water partition coefficient (Wildman–Crippen LogP) is 4.00. The molecule has 0 radical (unpaired) electrons. The Kier molecular flexibility index (Phi) is 4.06. The molecule has 0 spiro atoms. The van der Waals surface area contributed by atoms with E-state index in [9.17, 15) is 10.1 Å². The normalized spacial score (nSPS) is 14.7. The van der Waals surface area contributed by atoms with E-state index in [0.717, 1.165) is 12.8 Å². The van der Waals surface area contributed by atoms with Crippen LogP contribution in [0.2, 0.25) is 0 Å². The van der Waals surface area contributed by atoms with Gasteiger partial charge in [0.2, 0.25) is 6.10 Å². The first-order chi connectivity index (χ1) is 10.8. The largest absolute Gasteiger partial charge is 0.457 e. The fourth-order valence-electron chi connectivity index (χ4n) is 2.07. The molecular formula is C18H15NO3. The maximum Gasteiger partial charge on any atom is 0.310 e. The highest BCUT2D eigenvalue weighted by Gasteiger charge is 2.33. The molecule has 1 aliphatic carbocycles. The first kappa shape index (κ1) is 14.2. The van der Waals surface area contributed by atoms with Crippen LogP contribution in [0.4, 0.5) is 0 Å². The Bertz CT molecular complexity index is 702. The summed E-state index contributed by atoms with van der Waals surface area (Å²) in [5, 5.41) is 9.24. The predicted molar refractivity (Wildman–Crippen MR) is 80.1 cm³/mol. The third-order valence-corrected chi connectivity index (χ3v) is 3.40. The van der Waals surface area contributed by atoms with E-state index >= 15 is 0 Å². The van der Waals surface area contributed by atoms with E-state index in [1.807, 2.05) is 36.4 Å². The Morgan fingerprint density at radius 3 is 2.50 bits per heavy atom. The molecule has 4 nitrogen and oxygen atoms in total. The summed E-state index contributed by atoms with van der Waals surface area (Å²) in [7, 11) is 0. The summed E-state index contributed by atoms with van der Waals surface area (Å²) in [5.41, 5.74) is 0.616. The summed E-state index contributed by atoms with van der Waals surface area (Å²) < 4.78 is 11.0. The molecule has 0 amide bonds. The molecule has 1 fully saturated rings. The summed E-state index contributed by atoms with van der Waals surface area (Å²) in [6.07, 6.45) is 0.815. The zero-order valence-corrected chi connectivity index (χ0v) is 11.9. The molecule has 0 aromatic heterocycles. The van der Waals surface area contributed by atoms with Gasteiger partial charge in [0.05, 0.1) is 5.92 Å². The van der Waals surface area contributed by atoms with E-state index in [4.69, 9.17) is 9.47 Å². The van der Waals surface area contributed by atoms with Crippen LogP contribution < -0.4 is 4.74 Å². The fourth-order valence-corrected chi connectivity index (χ4v) is 2.07. The van der Waals surface area contributed by atoms with Crippen molar-refractivity contribution in [3.05, 3.63) is 60.2 Å². The number of carbonyl (C=O) groups excluding carboxylic acids is 1. The number of carbonyl (C=O) groups is 1. The van der Waals surface area contributed by atoms with Crippen molar-refractivity contribution in [1.82, 2.24) is 0 Å². The molecule has 4 heteroatoms. The first-order valence-corrected chi connectivity index (χ1v) is 7.19. The van der Waals surface area contributed by atoms with E-state index < -0.39 is 6.10 Å². The van der Waals surface area contributed by atoms with Crippen LogP contribution in [-0.4, -0.2) is 5.97 Å². The number of esters is 1. The third-order valence-electron chi connectivity index (χ3n) is 3.40. The number of hydrogen-bond donors (Lipinski definition) is 0. The minimum absolute atomic E-state index is 0.0281. The molecule has 0 aliphatic heterocycles. The maximum absolute atomic E-state index is 11.7. The number of hydrogen-bond acceptors (Lipinski definition) is 4. The Balaban J connectivity index is 1.74. The Hall–Kier alpha value is -2.80. The van der Waals surface area contributed by atoms with Gasteiger partial charge >= 0.3 is 5.97 Å². The van der Waals surface area contributed by atoms with Crippen molar-refractivity contribution in [2.45, 2.75) is 18.9 Å². The van der Waals surface area contributed by atoms with Crippen LogP contribution in [0.15, 0.2) is 54.6 Å². The molecule has 0 heterocycles. The van der Waals surface area contributed by atoms with Crippen molar-refractivity contribution in [1.29, 1.82) is 5.26 Å². The van der Waals surface area contributed by atoms with Crippen LogP contribution >= 0.6 is 0 Å². The van der Waals surface area contributed by atoms with Crippen LogP contribution in [0.5, 0.6) is 11.5 Å². The van der Waals surface area contributed by atoms with Crippen molar-refractivity contribution in [3.63, 3.8) is 0 Å². The summed E-state index contributed by atoms with van der Waals surface area (Å²) in [5.74, 6) is 0.995. The molecule has 0 bridgehead atoms. The molecule has 1 atom stereocenters. The van der Waals surface area contributed by atoms with Gasteiger partial charge in [-0.2, -0.15) is 5.26 Å². The number of nitrogens with zero attached hydrogens (tertiary/aromatic N) is 1. The average Bonchev–Trinajstić information content (AvgIpc) is 3.38. The number of para-hydroxylation sites is 1. The monoisotopic (exact) mass is 293 g/mol. The molecule has 110 valence electrons. The lowest BCUT2D eigenvalue weighted by atomic mass is 10.1. The zero-order valence-electron chi connectivity index (χ0n) is 11.9. The second-order valence-corrected chi connectivity index (χ2v) is 5.21. The lowest BCUT2D eigenvalue weighted by molar-refractivity contribution is -0.148. The SMILES string of the molecule is N#CC(OC(=O)C1CC1)c1cccc(Oc2ccccc2)c1. The fraction of sp³-hybridized carbons (Fsp3) is 0.222. The highest BCUT2D eigenvalue weighted by molar-refractivity contribution is 5.75. The van der Waals surface area contributed by atoms with Gasteiger partial charge in [-0.05, 0) is 37.1 Å². The minimum Gasteiger partial charge on any atom is -0.457 e. The van der Waals surface area contributed by atoms with E-state index in [1.165, 1.54) is 0 Å². The van der Waals surface area contributed by atoms with Crippen molar-refractivity contribution in [2.24, 2.45) is 5.92 Å². The summed E-state index contributed by atoms with van der Waals surface area (Å²) in [4.78, 5) is 11.7. The van der Waals surface area contributed by atoms with Crippen molar-refractivity contribution in [3.8, 4) is 17.6 Å². The smallest absolute Gasteiger partial charge is 0.310 e. The van der Waals surface area contributed by atoms with Gasteiger partial charge in [0.25, 0.3) is 0 Å². The molecule has 1 unspecified atom stereocenters. The quantitative estimate of drug-likeness (QED) is 0.782. The number of ether oxygens (including phenoxy) is 2. The Morgan fingerprint density at radius 2 is 1.82 bits per heavy atom. The summed E-state index contributed by atoms with van der Waals surface area (Å²) >= 11 is 0. The molecule has 2 aromatic carbocycles.